The van der Waals surface area contributed by atoms with Crippen molar-refractivity contribution in [2.24, 2.45) is 0 Å². The second-order valence-corrected chi connectivity index (χ2v) is 8.80. The van der Waals surface area contributed by atoms with Crippen molar-refractivity contribution in [1.82, 2.24) is 4.98 Å². The first-order valence-electron chi connectivity index (χ1n) is 11.2. The van der Waals surface area contributed by atoms with E-state index in [0.717, 1.165) is 24.0 Å². The number of benzene rings is 2. The largest absolute Gasteiger partial charge is 0.494 e. The van der Waals surface area contributed by atoms with Gasteiger partial charge in [-0.25, -0.2) is 4.98 Å². The summed E-state index contributed by atoms with van der Waals surface area (Å²) in [6.07, 6.45) is 3.65. The molecular weight excluding hydrogens is 452 g/mol. The van der Waals surface area contributed by atoms with E-state index in [4.69, 9.17) is 20.8 Å². The van der Waals surface area contributed by atoms with Crippen LogP contribution in [0, 0.1) is 6.92 Å². The van der Waals surface area contributed by atoms with Crippen LogP contribution in [0.25, 0.3) is 11.0 Å². The molecule has 0 bridgehead atoms. The Bertz CT molecular complexity index is 1450. The van der Waals surface area contributed by atoms with Crippen LogP contribution in [0.15, 0.2) is 70.0 Å². The summed E-state index contributed by atoms with van der Waals surface area (Å²) in [4.78, 5) is 33.3. The monoisotopic (exact) mass is 474 g/mol. The van der Waals surface area contributed by atoms with Crippen LogP contribution < -0.4 is 15.1 Å². The van der Waals surface area contributed by atoms with Crippen molar-refractivity contribution < 1.29 is 13.9 Å². The number of nitrogens with zero attached hydrogens (tertiary/aromatic N) is 2. The van der Waals surface area contributed by atoms with Gasteiger partial charge in [0.25, 0.3) is 5.91 Å². The molecule has 5 rings (SSSR count). The van der Waals surface area contributed by atoms with Gasteiger partial charge in [-0.1, -0.05) is 43.1 Å². The number of pyridine rings is 1. The molecule has 1 amide bonds. The van der Waals surface area contributed by atoms with E-state index in [1.165, 1.54) is 4.90 Å². The highest BCUT2D eigenvalue weighted by molar-refractivity contribution is 6.31. The van der Waals surface area contributed by atoms with Crippen molar-refractivity contribution in [2.75, 3.05) is 11.5 Å². The molecule has 0 saturated heterocycles. The van der Waals surface area contributed by atoms with Crippen LogP contribution in [-0.4, -0.2) is 17.5 Å². The number of unbranched alkanes of at least 4 members (excludes halogenated alkanes) is 1. The molecule has 1 unspecified atom stereocenters. The number of carbonyl (C=O) groups is 1. The van der Waals surface area contributed by atoms with Crippen molar-refractivity contribution >= 4 is 34.3 Å². The molecule has 172 valence electrons. The number of fused-ring (bicyclic) bond motifs is 2. The van der Waals surface area contributed by atoms with Gasteiger partial charge in [-0.15, -0.1) is 0 Å². The van der Waals surface area contributed by atoms with Gasteiger partial charge in [-0.2, -0.15) is 0 Å². The molecule has 0 saturated carbocycles. The standard InChI is InChI=1S/C27H23ClN2O4/c1-3-4-12-33-19-7-5-6-17(13-19)24-23-25(31)20-14-18(28)9-10-21(20)34-26(23)27(32)30(24)22-11-8-16(2)15-29-22/h5-11,13-15,24H,3-4,12H2,1-2H3. The van der Waals surface area contributed by atoms with Crippen LogP contribution in [0.4, 0.5) is 5.82 Å². The topological polar surface area (TPSA) is 72.6 Å². The van der Waals surface area contributed by atoms with Crippen LogP contribution in [0.1, 0.15) is 53.1 Å². The highest BCUT2D eigenvalue weighted by Gasteiger charge is 2.44. The minimum Gasteiger partial charge on any atom is -0.494 e. The van der Waals surface area contributed by atoms with E-state index in [2.05, 4.69) is 11.9 Å². The van der Waals surface area contributed by atoms with Gasteiger partial charge in [-0.3, -0.25) is 14.5 Å². The summed E-state index contributed by atoms with van der Waals surface area (Å²) in [6.45, 7) is 4.62. The van der Waals surface area contributed by atoms with Gasteiger partial charge in [0.1, 0.15) is 17.2 Å². The fraction of sp³-hybridized carbons (Fsp3) is 0.222. The number of rotatable bonds is 6. The molecule has 7 heteroatoms. The Labute approximate surface area is 201 Å². The smallest absolute Gasteiger partial charge is 0.296 e. The maximum Gasteiger partial charge on any atom is 0.296 e. The van der Waals surface area contributed by atoms with Crippen LogP contribution >= 0.6 is 11.6 Å². The number of ether oxygens (including phenoxy) is 1. The highest BCUT2D eigenvalue weighted by Crippen LogP contribution is 2.41. The molecule has 4 aromatic rings. The average Bonchev–Trinajstić information content (AvgIpc) is 3.13. The fourth-order valence-corrected chi connectivity index (χ4v) is 4.38. The lowest BCUT2D eigenvalue weighted by molar-refractivity contribution is 0.0970. The summed E-state index contributed by atoms with van der Waals surface area (Å²) < 4.78 is 11.9. The SMILES string of the molecule is CCCCOc1cccc(C2c3c(oc4ccc(Cl)cc4c3=O)C(=O)N2c2ccc(C)cn2)c1. The van der Waals surface area contributed by atoms with Gasteiger partial charge < -0.3 is 9.15 Å². The number of aromatic nitrogens is 1. The lowest BCUT2D eigenvalue weighted by atomic mass is 9.98. The summed E-state index contributed by atoms with van der Waals surface area (Å²) in [6, 6.07) is 15.2. The Morgan fingerprint density at radius 1 is 1.12 bits per heavy atom. The lowest BCUT2D eigenvalue weighted by Gasteiger charge is -2.24. The molecule has 1 aliphatic heterocycles. The lowest BCUT2D eigenvalue weighted by Crippen LogP contribution is -2.30. The Hall–Kier alpha value is -3.64. The molecule has 1 atom stereocenters. The van der Waals surface area contributed by atoms with E-state index in [1.54, 1.807) is 30.5 Å². The number of aryl methyl sites for hydroxylation is 1. The van der Waals surface area contributed by atoms with Gasteiger partial charge in [0.05, 0.1) is 23.6 Å². The van der Waals surface area contributed by atoms with Crippen molar-refractivity contribution in [3.63, 3.8) is 0 Å². The molecule has 0 spiro atoms. The first-order valence-corrected chi connectivity index (χ1v) is 11.6. The van der Waals surface area contributed by atoms with Crippen LogP contribution in [0.2, 0.25) is 5.02 Å². The van der Waals surface area contributed by atoms with E-state index in [9.17, 15) is 9.59 Å². The molecule has 0 radical (unpaired) electrons. The predicted octanol–water partition coefficient (Wildman–Crippen LogP) is 6.08. The number of anilines is 1. The van der Waals surface area contributed by atoms with E-state index < -0.39 is 11.9 Å². The van der Waals surface area contributed by atoms with Crippen molar-refractivity contribution in [3.05, 3.63) is 98.5 Å². The number of hydrogen-bond acceptors (Lipinski definition) is 5. The number of hydrogen-bond donors (Lipinski definition) is 0. The zero-order chi connectivity index (χ0) is 23.8. The van der Waals surface area contributed by atoms with Crippen molar-refractivity contribution in [2.45, 2.75) is 32.7 Å². The number of amides is 1. The van der Waals surface area contributed by atoms with Gasteiger partial charge in [0.2, 0.25) is 5.76 Å². The third-order valence-electron chi connectivity index (χ3n) is 5.92. The van der Waals surface area contributed by atoms with E-state index in [0.29, 0.717) is 34.2 Å². The summed E-state index contributed by atoms with van der Waals surface area (Å²) in [5.74, 6) is 0.717. The zero-order valence-corrected chi connectivity index (χ0v) is 19.6. The number of carbonyl (C=O) groups excluding carboxylic acids is 1. The van der Waals surface area contributed by atoms with Crippen LogP contribution in [0.3, 0.4) is 0 Å². The van der Waals surface area contributed by atoms with Gasteiger partial charge >= 0.3 is 0 Å². The summed E-state index contributed by atoms with van der Waals surface area (Å²) in [7, 11) is 0. The highest BCUT2D eigenvalue weighted by atomic mass is 35.5. The third kappa shape index (κ3) is 3.84. The minimum absolute atomic E-state index is 0.0181. The number of halogens is 1. The van der Waals surface area contributed by atoms with E-state index in [1.807, 2.05) is 37.3 Å². The van der Waals surface area contributed by atoms with Crippen molar-refractivity contribution in [1.29, 1.82) is 0 Å². The molecule has 0 N–H and O–H groups in total. The van der Waals surface area contributed by atoms with Gasteiger partial charge in [0.15, 0.2) is 5.43 Å². The first-order chi connectivity index (χ1) is 16.5. The molecule has 3 heterocycles. The average molecular weight is 475 g/mol. The summed E-state index contributed by atoms with van der Waals surface area (Å²) in [5, 5.41) is 0.752. The van der Waals surface area contributed by atoms with Gasteiger partial charge in [0, 0.05) is 11.2 Å². The second kappa shape index (κ2) is 8.95. The Kier molecular flexibility index (Phi) is 5.84. The maximum atomic E-state index is 13.7. The molecule has 0 fully saturated rings. The molecule has 1 aliphatic rings. The molecule has 2 aromatic carbocycles. The predicted molar refractivity (Wildman–Crippen MR) is 132 cm³/mol. The first kappa shape index (κ1) is 22.2. The Morgan fingerprint density at radius 2 is 1.97 bits per heavy atom. The molecule has 2 aromatic heterocycles. The van der Waals surface area contributed by atoms with Crippen LogP contribution in [0.5, 0.6) is 5.75 Å². The normalized spacial score (nSPS) is 15.1. The van der Waals surface area contributed by atoms with E-state index in [-0.39, 0.29) is 16.8 Å². The molecule has 6 nitrogen and oxygen atoms in total. The zero-order valence-electron chi connectivity index (χ0n) is 18.9. The third-order valence-corrected chi connectivity index (χ3v) is 6.15. The molecule has 34 heavy (non-hydrogen) atoms. The van der Waals surface area contributed by atoms with E-state index >= 15 is 0 Å². The Balaban J connectivity index is 1.71. The van der Waals surface area contributed by atoms with Crippen LogP contribution in [-0.2, 0) is 0 Å². The summed E-state index contributed by atoms with van der Waals surface area (Å²) in [5.41, 5.74) is 2.00. The van der Waals surface area contributed by atoms with Gasteiger partial charge in [-0.05, 0) is 60.9 Å². The fourth-order valence-electron chi connectivity index (χ4n) is 4.21. The molecular formula is C27H23ClN2O4. The van der Waals surface area contributed by atoms with Crippen molar-refractivity contribution in [3.8, 4) is 5.75 Å². The maximum absolute atomic E-state index is 13.7. The summed E-state index contributed by atoms with van der Waals surface area (Å²) >= 11 is 6.16. The second-order valence-electron chi connectivity index (χ2n) is 8.36. The minimum atomic E-state index is -0.716. The quantitative estimate of drug-likeness (QED) is 0.317. The molecule has 0 aliphatic carbocycles. The Morgan fingerprint density at radius 3 is 2.74 bits per heavy atom.